The number of aryl methyl sites for hydroxylation is 1. The number of hydrogen-bond acceptors (Lipinski definition) is 3. The Kier molecular flexibility index (Phi) is 3.59. The molecule has 0 aliphatic heterocycles. The van der Waals surface area contributed by atoms with Crippen LogP contribution in [0.1, 0.15) is 11.6 Å². The molecule has 4 nitrogen and oxygen atoms in total. The van der Waals surface area contributed by atoms with Crippen molar-refractivity contribution in [2.45, 2.75) is 6.04 Å². The minimum absolute atomic E-state index is 0.223. The fourth-order valence-electron chi connectivity index (χ4n) is 2.41. The summed E-state index contributed by atoms with van der Waals surface area (Å²) in [5.41, 5.74) is 8.34. The van der Waals surface area contributed by atoms with E-state index in [-0.39, 0.29) is 6.04 Å². The van der Waals surface area contributed by atoms with Gasteiger partial charge in [-0.3, -0.25) is 0 Å². The SMILES string of the molecule is COc1ccc2c(c1)c(C(CN)N(C)C)cn2C. The lowest BCUT2D eigenvalue weighted by atomic mass is 10.0. The molecule has 1 heterocycles. The minimum atomic E-state index is 0.223. The van der Waals surface area contributed by atoms with Crippen molar-refractivity contribution >= 4 is 10.9 Å². The van der Waals surface area contributed by atoms with Crippen molar-refractivity contribution in [1.29, 1.82) is 0 Å². The maximum Gasteiger partial charge on any atom is 0.119 e. The number of likely N-dealkylation sites (N-methyl/N-ethyl adjacent to an activating group) is 1. The van der Waals surface area contributed by atoms with E-state index >= 15 is 0 Å². The molecule has 0 saturated carbocycles. The van der Waals surface area contributed by atoms with E-state index in [0.717, 1.165) is 5.75 Å². The van der Waals surface area contributed by atoms with Crippen molar-refractivity contribution in [2.75, 3.05) is 27.7 Å². The van der Waals surface area contributed by atoms with Gasteiger partial charge in [0.15, 0.2) is 0 Å². The molecule has 0 fully saturated rings. The summed E-state index contributed by atoms with van der Waals surface area (Å²) in [6, 6.07) is 6.37. The van der Waals surface area contributed by atoms with E-state index in [4.69, 9.17) is 10.5 Å². The first-order chi connectivity index (χ1) is 8.58. The van der Waals surface area contributed by atoms with Crippen molar-refractivity contribution in [2.24, 2.45) is 12.8 Å². The van der Waals surface area contributed by atoms with Gasteiger partial charge in [0.1, 0.15) is 5.75 Å². The number of nitrogens with zero attached hydrogens (tertiary/aromatic N) is 2. The number of nitrogens with two attached hydrogens (primary N) is 1. The Balaban J connectivity index is 2.62. The van der Waals surface area contributed by atoms with E-state index in [1.54, 1.807) is 7.11 Å². The quantitative estimate of drug-likeness (QED) is 0.895. The molecular weight excluding hydrogens is 226 g/mol. The first-order valence-corrected chi connectivity index (χ1v) is 6.08. The van der Waals surface area contributed by atoms with E-state index in [1.807, 2.05) is 6.07 Å². The zero-order chi connectivity index (χ0) is 13.3. The lowest BCUT2D eigenvalue weighted by molar-refractivity contribution is 0.307. The van der Waals surface area contributed by atoms with Crippen LogP contribution in [0.2, 0.25) is 0 Å². The number of hydrogen-bond donors (Lipinski definition) is 1. The van der Waals surface area contributed by atoms with Gasteiger partial charge in [-0.1, -0.05) is 0 Å². The van der Waals surface area contributed by atoms with Crippen LogP contribution in [0.5, 0.6) is 5.75 Å². The normalized spacial score (nSPS) is 13.2. The predicted octanol–water partition coefficient (Wildman–Crippen LogP) is 1.75. The summed E-state index contributed by atoms with van der Waals surface area (Å²) in [7, 11) is 7.85. The van der Waals surface area contributed by atoms with Gasteiger partial charge >= 0.3 is 0 Å². The molecule has 0 radical (unpaired) electrons. The van der Waals surface area contributed by atoms with Crippen molar-refractivity contribution in [3.8, 4) is 5.75 Å². The van der Waals surface area contributed by atoms with Gasteiger partial charge < -0.3 is 19.9 Å². The molecule has 0 aliphatic rings. The highest BCUT2D eigenvalue weighted by Crippen LogP contribution is 2.30. The molecule has 1 aromatic carbocycles. The van der Waals surface area contributed by atoms with Gasteiger partial charge in [-0.15, -0.1) is 0 Å². The number of aromatic nitrogens is 1. The number of rotatable bonds is 4. The van der Waals surface area contributed by atoms with Crippen LogP contribution in [0.25, 0.3) is 10.9 Å². The van der Waals surface area contributed by atoms with Crippen LogP contribution in [0.15, 0.2) is 24.4 Å². The Bertz CT molecular complexity index is 545. The Morgan fingerprint density at radius 1 is 1.39 bits per heavy atom. The Labute approximate surface area is 108 Å². The van der Waals surface area contributed by atoms with Crippen LogP contribution in [0.4, 0.5) is 0 Å². The Morgan fingerprint density at radius 2 is 2.11 bits per heavy atom. The van der Waals surface area contributed by atoms with E-state index in [2.05, 4.69) is 48.9 Å². The standard InChI is InChI=1S/C14H21N3O/c1-16(2)14(8-15)12-9-17(3)13-6-5-10(18-4)7-11(12)13/h5-7,9,14H,8,15H2,1-4H3. The lowest BCUT2D eigenvalue weighted by Gasteiger charge is -2.22. The van der Waals surface area contributed by atoms with Gasteiger partial charge in [0.2, 0.25) is 0 Å². The minimum Gasteiger partial charge on any atom is -0.497 e. The summed E-state index contributed by atoms with van der Waals surface area (Å²) in [5, 5.41) is 1.21. The maximum atomic E-state index is 5.89. The molecule has 1 aromatic heterocycles. The van der Waals surface area contributed by atoms with Crippen molar-refractivity contribution in [3.63, 3.8) is 0 Å². The monoisotopic (exact) mass is 247 g/mol. The van der Waals surface area contributed by atoms with E-state index in [0.29, 0.717) is 6.54 Å². The Morgan fingerprint density at radius 3 is 2.67 bits per heavy atom. The van der Waals surface area contributed by atoms with Gasteiger partial charge in [-0.2, -0.15) is 0 Å². The highest BCUT2D eigenvalue weighted by Gasteiger charge is 2.18. The first-order valence-electron chi connectivity index (χ1n) is 6.08. The zero-order valence-electron chi connectivity index (χ0n) is 11.5. The molecule has 18 heavy (non-hydrogen) atoms. The van der Waals surface area contributed by atoms with Gasteiger partial charge in [0.25, 0.3) is 0 Å². The van der Waals surface area contributed by atoms with Crippen LogP contribution in [-0.4, -0.2) is 37.2 Å². The molecule has 2 rings (SSSR count). The highest BCUT2D eigenvalue weighted by molar-refractivity contribution is 5.85. The maximum absolute atomic E-state index is 5.89. The smallest absolute Gasteiger partial charge is 0.119 e. The topological polar surface area (TPSA) is 43.4 Å². The molecule has 1 atom stereocenters. The largest absolute Gasteiger partial charge is 0.497 e. The molecule has 0 bridgehead atoms. The number of fused-ring (bicyclic) bond motifs is 1. The van der Waals surface area contributed by atoms with Crippen LogP contribution in [0, 0.1) is 0 Å². The average Bonchev–Trinajstić information content (AvgIpc) is 2.67. The number of methoxy groups -OCH3 is 1. The molecular formula is C14H21N3O. The molecule has 4 heteroatoms. The third-order valence-electron chi connectivity index (χ3n) is 3.43. The van der Waals surface area contributed by atoms with Crippen LogP contribution in [-0.2, 0) is 7.05 Å². The predicted molar refractivity (Wildman–Crippen MR) is 75.0 cm³/mol. The zero-order valence-corrected chi connectivity index (χ0v) is 11.5. The number of ether oxygens (including phenoxy) is 1. The summed E-state index contributed by atoms with van der Waals surface area (Å²) in [5.74, 6) is 0.879. The van der Waals surface area contributed by atoms with Gasteiger partial charge in [-0.05, 0) is 37.9 Å². The van der Waals surface area contributed by atoms with Crippen LogP contribution in [0.3, 0.4) is 0 Å². The average molecular weight is 247 g/mol. The molecule has 2 N–H and O–H groups in total. The summed E-state index contributed by atoms with van der Waals surface area (Å²) in [6.07, 6.45) is 2.15. The molecule has 0 spiro atoms. The second kappa shape index (κ2) is 5.00. The molecule has 0 aliphatic carbocycles. The second-order valence-electron chi connectivity index (χ2n) is 4.79. The van der Waals surface area contributed by atoms with E-state index in [9.17, 15) is 0 Å². The molecule has 2 aromatic rings. The second-order valence-corrected chi connectivity index (χ2v) is 4.79. The van der Waals surface area contributed by atoms with Gasteiger partial charge in [0.05, 0.1) is 7.11 Å². The summed E-state index contributed by atoms with van der Waals surface area (Å²) >= 11 is 0. The third kappa shape index (κ3) is 2.09. The summed E-state index contributed by atoms with van der Waals surface area (Å²) in [6.45, 7) is 0.601. The molecule has 0 saturated heterocycles. The fraction of sp³-hybridized carbons (Fsp3) is 0.429. The van der Waals surface area contributed by atoms with Crippen LogP contribution >= 0.6 is 0 Å². The highest BCUT2D eigenvalue weighted by atomic mass is 16.5. The molecule has 0 amide bonds. The van der Waals surface area contributed by atoms with Crippen molar-refractivity contribution in [1.82, 2.24) is 9.47 Å². The van der Waals surface area contributed by atoms with Crippen LogP contribution < -0.4 is 10.5 Å². The third-order valence-corrected chi connectivity index (χ3v) is 3.43. The molecule has 1 unspecified atom stereocenters. The van der Waals surface area contributed by atoms with Crippen molar-refractivity contribution < 1.29 is 4.74 Å². The fourth-order valence-corrected chi connectivity index (χ4v) is 2.41. The number of benzene rings is 1. The summed E-state index contributed by atoms with van der Waals surface area (Å²) < 4.78 is 7.44. The van der Waals surface area contributed by atoms with E-state index in [1.165, 1.54) is 16.5 Å². The lowest BCUT2D eigenvalue weighted by Crippen LogP contribution is -2.26. The van der Waals surface area contributed by atoms with Gasteiger partial charge in [-0.25, -0.2) is 0 Å². The van der Waals surface area contributed by atoms with E-state index < -0.39 is 0 Å². The van der Waals surface area contributed by atoms with Gasteiger partial charge in [0, 0.05) is 36.7 Å². The summed E-state index contributed by atoms with van der Waals surface area (Å²) in [4.78, 5) is 2.15. The van der Waals surface area contributed by atoms with Crippen molar-refractivity contribution in [3.05, 3.63) is 30.0 Å². The first kappa shape index (κ1) is 12.9. The molecule has 98 valence electrons. The Hall–Kier alpha value is -1.52.